The van der Waals surface area contributed by atoms with Gasteiger partial charge in [-0.2, -0.15) is 0 Å². The van der Waals surface area contributed by atoms with Gasteiger partial charge in [0, 0.05) is 6.61 Å². The third-order valence-corrected chi connectivity index (χ3v) is 3.27. The number of benzene rings is 1. The molecule has 0 fully saturated rings. The van der Waals surface area contributed by atoms with Crippen LogP contribution >= 0.6 is 0 Å². The van der Waals surface area contributed by atoms with Gasteiger partial charge in [0.1, 0.15) is 0 Å². The van der Waals surface area contributed by atoms with Crippen molar-refractivity contribution in [3.63, 3.8) is 0 Å². The van der Waals surface area contributed by atoms with E-state index in [0.29, 0.717) is 12.5 Å². The van der Waals surface area contributed by atoms with Gasteiger partial charge in [0.2, 0.25) is 0 Å². The van der Waals surface area contributed by atoms with E-state index in [-0.39, 0.29) is 6.61 Å². The molecule has 1 unspecified atom stereocenters. The van der Waals surface area contributed by atoms with E-state index in [1.165, 1.54) is 5.56 Å². The van der Waals surface area contributed by atoms with Crippen LogP contribution in [0.5, 0.6) is 0 Å². The van der Waals surface area contributed by atoms with E-state index in [4.69, 9.17) is 9.84 Å². The highest BCUT2D eigenvalue weighted by atomic mass is 16.5. The Morgan fingerprint density at radius 2 is 2.00 bits per heavy atom. The van der Waals surface area contributed by atoms with Gasteiger partial charge in [-0.05, 0) is 37.7 Å². The summed E-state index contributed by atoms with van der Waals surface area (Å²) in [4.78, 5) is 0. The van der Waals surface area contributed by atoms with Crippen molar-refractivity contribution in [2.75, 3.05) is 13.2 Å². The Bertz CT molecular complexity index is 357. The molecule has 1 aromatic rings. The van der Waals surface area contributed by atoms with E-state index in [0.717, 1.165) is 31.4 Å². The molecule has 1 rings (SSSR count). The van der Waals surface area contributed by atoms with Crippen LogP contribution < -0.4 is 0 Å². The van der Waals surface area contributed by atoms with Gasteiger partial charge in [0.05, 0.1) is 13.2 Å². The maximum atomic E-state index is 8.89. The number of rotatable bonds is 9. The van der Waals surface area contributed by atoms with Crippen molar-refractivity contribution >= 4 is 0 Å². The van der Waals surface area contributed by atoms with Gasteiger partial charge in [-0.3, -0.25) is 0 Å². The highest BCUT2D eigenvalue weighted by molar-refractivity contribution is 5.13. The van der Waals surface area contributed by atoms with Gasteiger partial charge in [-0.25, -0.2) is 0 Å². The molecule has 0 saturated heterocycles. The normalized spacial score (nSPS) is 13.5. The molecule has 0 saturated carbocycles. The molecule has 1 N–H and O–H groups in total. The molecule has 0 aliphatic rings. The minimum Gasteiger partial charge on any atom is -0.392 e. The first-order valence-corrected chi connectivity index (χ1v) is 7.10. The first-order valence-electron chi connectivity index (χ1n) is 7.10. The van der Waals surface area contributed by atoms with Crippen molar-refractivity contribution in [1.82, 2.24) is 0 Å². The molecule has 0 spiro atoms. The second-order valence-electron chi connectivity index (χ2n) is 5.22. The summed E-state index contributed by atoms with van der Waals surface area (Å²) in [6.07, 6.45) is 5.43. The van der Waals surface area contributed by atoms with Crippen LogP contribution in [0.3, 0.4) is 0 Å². The summed E-state index contributed by atoms with van der Waals surface area (Å²) in [5.74, 6) is 0.665. The molecule has 2 nitrogen and oxygen atoms in total. The smallest absolute Gasteiger partial charge is 0.0716 e. The molecule has 1 aromatic carbocycles. The van der Waals surface area contributed by atoms with Gasteiger partial charge in [0.15, 0.2) is 0 Å². The van der Waals surface area contributed by atoms with E-state index in [1.54, 1.807) is 0 Å². The topological polar surface area (TPSA) is 29.5 Å². The number of aliphatic hydroxyl groups excluding tert-OH is 1. The predicted octanol–water partition coefficient (Wildman–Crippen LogP) is 3.95. The third-order valence-electron chi connectivity index (χ3n) is 3.27. The van der Waals surface area contributed by atoms with E-state index in [9.17, 15) is 0 Å². The standard InChI is InChI=1S/C17H26O2/c1-15(7-6-8-16(2)13-18)11-12-19-14-17-9-4-3-5-10-17/h3-5,8-10,15,18H,6-7,11-14H2,1-2H3/b16-8-. The van der Waals surface area contributed by atoms with Gasteiger partial charge in [0.25, 0.3) is 0 Å². The van der Waals surface area contributed by atoms with Crippen LogP contribution in [0.4, 0.5) is 0 Å². The zero-order valence-corrected chi connectivity index (χ0v) is 12.1. The van der Waals surface area contributed by atoms with E-state index >= 15 is 0 Å². The van der Waals surface area contributed by atoms with Crippen LogP contribution in [0.2, 0.25) is 0 Å². The van der Waals surface area contributed by atoms with Gasteiger partial charge >= 0.3 is 0 Å². The molecule has 0 amide bonds. The van der Waals surface area contributed by atoms with Crippen molar-refractivity contribution in [2.24, 2.45) is 5.92 Å². The molecular weight excluding hydrogens is 236 g/mol. The quantitative estimate of drug-likeness (QED) is 0.539. The van der Waals surface area contributed by atoms with Crippen LogP contribution in [0, 0.1) is 5.92 Å². The minimum atomic E-state index is 0.175. The SMILES string of the molecule is C/C(=C/CCC(C)CCOCc1ccccc1)CO. The summed E-state index contributed by atoms with van der Waals surface area (Å²) in [5, 5.41) is 8.89. The van der Waals surface area contributed by atoms with E-state index in [1.807, 2.05) is 25.1 Å². The second-order valence-corrected chi connectivity index (χ2v) is 5.22. The molecular formula is C17H26O2. The summed E-state index contributed by atoms with van der Waals surface area (Å²) < 4.78 is 5.68. The number of aliphatic hydroxyl groups is 1. The maximum absolute atomic E-state index is 8.89. The fraction of sp³-hybridized carbons (Fsp3) is 0.529. The molecule has 0 heterocycles. The van der Waals surface area contributed by atoms with Crippen LogP contribution in [0.1, 0.15) is 38.7 Å². The Hall–Kier alpha value is -1.12. The molecule has 0 aliphatic carbocycles. The van der Waals surface area contributed by atoms with E-state index < -0.39 is 0 Å². The molecule has 2 heteroatoms. The number of hydrogen-bond donors (Lipinski definition) is 1. The van der Waals surface area contributed by atoms with Crippen molar-refractivity contribution < 1.29 is 9.84 Å². The summed E-state index contributed by atoms with van der Waals surface area (Å²) >= 11 is 0. The molecule has 1 atom stereocenters. The highest BCUT2D eigenvalue weighted by Gasteiger charge is 2.01. The number of hydrogen-bond acceptors (Lipinski definition) is 2. The van der Waals surface area contributed by atoms with Crippen molar-refractivity contribution in [3.8, 4) is 0 Å². The van der Waals surface area contributed by atoms with Crippen LogP contribution in [-0.4, -0.2) is 18.3 Å². The van der Waals surface area contributed by atoms with Crippen molar-refractivity contribution in [2.45, 2.75) is 39.7 Å². The first kappa shape index (κ1) is 15.9. The van der Waals surface area contributed by atoms with Gasteiger partial charge in [-0.15, -0.1) is 0 Å². The average Bonchev–Trinajstić information content (AvgIpc) is 2.44. The molecule has 19 heavy (non-hydrogen) atoms. The fourth-order valence-corrected chi connectivity index (χ4v) is 1.87. The highest BCUT2D eigenvalue weighted by Crippen LogP contribution is 2.12. The zero-order chi connectivity index (χ0) is 13.9. The van der Waals surface area contributed by atoms with Crippen LogP contribution in [0.25, 0.3) is 0 Å². The lowest BCUT2D eigenvalue weighted by Crippen LogP contribution is -2.02. The number of ether oxygens (including phenoxy) is 1. The average molecular weight is 262 g/mol. The predicted molar refractivity (Wildman–Crippen MR) is 80.0 cm³/mol. The molecule has 0 aromatic heterocycles. The lowest BCUT2D eigenvalue weighted by molar-refractivity contribution is 0.108. The number of allylic oxidation sites excluding steroid dienone is 1. The van der Waals surface area contributed by atoms with Gasteiger partial charge in [-0.1, -0.05) is 48.9 Å². The van der Waals surface area contributed by atoms with Crippen LogP contribution in [0.15, 0.2) is 42.0 Å². The molecule has 0 aliphatic heterocycles. The Morgan fingerprint density at radius 1 is 1.26 bits per heavy atom. The van der Waals surface area contributed by atoms with Crippen LogP contribution in [-0.2, 0) is 11.3 Å². The first-order chi connectivity index (χ1) is 9.22. The second kappa shape index (κ2) is 9.76. The lowest BCUT2D eigenvalue weighted by Gasteiger charge is -2.10. The lowest BCUT2D eigenvalue weighted by atomic mass is 10.0. The van der Waals surface area contributed by atoms with Gasteiger partial charge < -0.3 is 9.84 Å². The largest absolute Gasteiger partial charge is 0.392 e. The molecule has 106 valence electrons. The summed E-state index contributed by atoms with van der Waals surface area (Å²) in [6, 6.07) is 10.3. The van der Waals surface area contributed by atoms with Crippen molar-refractivity contribution in [1.29, 1.82) is 0 Å². The Labute approximate surface area is 117 Å². The minimum absolute atomic E-state index is 0.175. The Kier molecular flexibility index (Phi) is 8.19. The summed E-state index contributed by atoms with van der Waals surface area (Å²) in [7, 11) is 0. The zero-order valence-electron chi connectivity index (χ0n) is 12.1. The Morgan fingerprint density at radius 3 is 2.68 bits per heavy atom. The fourth-order valence-electron chi connectivity index (χ4n) is 1.87. The Balaban J connectivity index is 2.06. The monoisotopic (exact) mass is 262 g/mol. The third kappa shape index (κ3) is 7.81. The van der Waals surface area contributed by atoms with Crippen molar-refractivity contribution in [3.05, 3.63) is 47.5 Å². The summed E-state index contributed by atoms with van der Waals surface area (Å²) in [5.41, 5.74) is 2.30. The molecule has 0 radical (unpaired) electrons. The summed E-state index contributed by atoms with van der Waals surface area (Å²) in [6.45, 7) is 5.92. The maximum Gasteiger partial charge on any atom is 0.0716 e. The molecule has 0 bridgehead atoms. The van der Waals surface area contributed by atoms with E-state index in [2.05, 4.69) is 25.1 Å².